The van der Waals surface area contributed by atoms with Crippen LogP contribution in [-0.2, 0) is 4.74 Å². The number of ether oxygens (including phenoxy) is 2. The van der Waals surface area contributed by atoms with Crippen molar-refractivity contribution in [2.45, 2.75) is 13.0 Å². The Bertz CT molecular complexity index is 405. The highest BCUT2D eigenvalue weighted by Gasteiger charge is 2.17. The number of nitrogens with zero attached hydrogens (tertiary/aromatic N) is 1. The molecule has 4 heteroatoms. The van der Waals surface area contributed by atoms with Gasteiger partial charge in [0.2, 0.25) is 0 Å². The first-order valence-corrected chi connectivity index (χ1v) is 6.43. The third-order valence-electron chi connectivity index (χ3n) is 2.97. The summed E-state index contributed by atoms with van der Waals surface area (Å²) in [6, 6.07) is 5.87. The molecule has 0 aliphatic carbocycles. The van der Waals surface area contributed by atoms with Gasteiger partial charge in [0.1, 0.15) is 5.75 Å². The highest BCUT2D eigenvalue weighted by atomic mass is 16.5. The molecule has 0 bridgehead atoms. The second-order valence-electron chi connectivity index (χ2n) is 4.41. The third-order valence-corrected chi connectivity index (χ3v) is 2.97. The van der Waals surface area contributed by atoms with Crippen LogP contribution in [0.3, 0.4) is 0 Å². The van der Waals surface area contributed by atoms with Crippen LogP contribution < -0.4 is 15.4 Å². The van der Waals surface area contributed by atoms with Crippen molar-refractivity contribution in [1.82, 2.24) is 0 Å². The van der Waals surface area contributed by atoms with Crippen LogP contribution in [0.2, 0.25) is 0 Å². The summed E-state index contributed by atoms with van der Waals surface area (Å²) in [5, 5.41) is 0. The van der Waals surface area contributed by atoms with Crippen LogP contribution in [0, 0.1) is 0 Å². The lowest BCUT2D eigenvalue weighted by Gasteiger charge is -2.28. The maximum Gasteiger partial charge on any atom is 0.125 e. The van der Waals surface area contributed by atoms with Crippen LogP contribution in [-0.4, -0.2) is 33.9 Å². The van der Waals surface area contributed by atoms with E-state index in [9.17, 15) is 0 Å². The van der Waals surface area contributed by atoms with E-state index in [1.807, 2.05) is 25.1 Å². The van der Waals surface area contributed by atoms with Crippen LogP contribution in [0.25, 0.3) is 0 Å². The Labute approximate surface area is 115 Å². The van der Waals surface area contributed by atoms with E-state index in [4.69, 9.17) is 15.2 Å². The lowest BCUT2D eigenvalue weighted by Crippen LogP contribution is -2.29. The van der Waals surface area contributed by atoms with Crippen LogP contribution in [0.15, 0.2) is 30.9 Å². The first-order chi connectivity index (χ1) is 9.15. The van der Waals surface area contributed by atoms with Crippen LogP contribution in [0.5, 0.6) is 5.75 Å². The van der Waals surface area contributed by atoms with Gasteiger partial charge in [-0.25, -0.2) is 0 Å². The van der Waals surface area contributed by atoms with Gasteiger partial charge < -0.3 is 20.1 Å². The molecule has 19 heavy (non-hydrogen) atoms. The standard InChI is InChI=1S/C15H24N2O2/c1-5-9-17(10-11-18-3)13-7-6-8-14(19-4)15(13)12(2)16/h5-8,12H,1,9-11,16H2,2-4H3/t12-/m0/s1. The largest absolute Gasteiger partial charge is 0.496 e. The van der Waals surface area contributed by atoms with E-state index < -0.39 is 0 Å². The number of hydrogen-bond acceptors (Lipinski definition) is 4. The van der Waals surface area contributed by atoms with Gasteiger partial charge in [-0.05, 0) is 19.1 Å². The van der Waals surface area contributed by atoms with Crippen molar-refractivity contribution in [2.75, 3.05) is 38.8 Å². The quantitative estimate of drug-likeness (QED) is 0.732. The first kappa shape index (κ1) is 15.5. The molecule has 1 rings (SSSR count). The fourth-order valence-corrected chi connectivity index (χ4v) is 2.11. The minimum atomic E-state index is -0.0963. The summed E-state index contributed by atoms with van der Waals surface area (Å²) in [6.45, 7) is 7.96. The van der Waals surface area contributed by atoms with Gasteiger partial charge in [0, 0.05) is 37.5 Å². The normalized spacial score (nSPS) is 12.0. The monoisotopic (exact) mass is 264 g/mol. The molecule has 0 saturated carbocycles. The Morgan fingerprint density at radius 3 is 2.68 bits per heavy atom. The number of methoxy groups -OCH3 is 2. The molecule has 0 spiro atoms. The fourth-order valence-electron chi connectivity index (χ4n) is 2.11. The average molecular weight is 264 g/mol. The van der Waals surface area contributed by atoms with Crippen molar-refractivity contribution in [3.63, 3.8) is 0 Å². The van der Waals surface area contributed by atoms with Gasteiger partial charge in [-0.3, -0.25) is 0 Å². The maximum atomic E-state index is 6.09. The van der Waals surface area contributed by atoms with Crippen molar-refractivity contribution >= 4 is 5.69 Å². The summed E-state index contributed by atoms with van der Waals surface area (Å²) in [5.74, 6) is 0.818. The summed E-state index contributed by atoms with van der Waals surface area (Å²) in [4.78, 5) is 2.19. The van der Waals surface area contributed by atoms with Gasteiger partial charge >= 0.3 is 0 Å². The van der Waals surface area contributed by atoms with Gasteiger partial charge in [0.05, 0.1) is 13.7 Å². The van der Waals surface area contributed by atoms with Crippen LogP contribution >= 0.6 is 0 Å². The second kappa shape index (κ2) is 7.81. The Morgan fingerprint density at radius 2 is 2.16 bits per heavy atom. The molecular weight excluding hydrogens is 240 g/mol. The molecule has 1 atom stereocenters. The molecule has 0 saturated heterocycles. The molecule has 0 aromatic heterocycles. The van der Waals surface area contributed by atoms with Gasteiger partial charge in [-0.2, -0.15) is 0 Å². The Morgan fingerprint density at radius 1 is 1.42 bits per heavy atom. The molecule has 0 unspecified atom stereocenters. The van der Waals surface area contributed by atoms with E-state index in [-0.39, 0.29) is 6.04 Å². The highest BCUT2D eigenvalue weighted by molar-refractivity contribution is 5.61. The summed E-state index contributed by atoms with van der Waals surface area (Å²) >= 11 is 0. The van der Waals surface area contributed by atoms with E-state index in [2.05, 4.69) is 17.5 Å². The van der Waals surface area contributed by atoms with Crippen LogP contribution in [0.1, 0.15) is 18.5 Å². The van der Waals surface area contributed by atoms with E-state index >= 15 is 0 Å². The Kier molecular flexibility index (Phi) is 6.39. The predicted molar refractivity (Wildman–Crippen MR) is 79.9 cm³/mol. The average Bonchev–Trinajstić information content (AvgIpc) is 2.42. The number of anilines is 1. The zero-order chi connectivity index (χ0) is 14.3. The van der Waals surface area contributed by atoms with E-state index in [0.29, 0.717) is 6.61 Å². The summed E-state index contributed by atoms with van der Waals surface area (Å²) in [6.07, 6.45) is 1.88. The minimum Gasteiger partial charge on any atom is -0.496 e. The molecule has 4 nitrogen and oxygen atoms in total. The molecule has 0 fully saturated rings. The molecule has 1 aromatic rings. The molecule has 1 aromatic carbocycles. The molecule has 2 N–H and O–H groups in total. The Balaban J connectivity index is 3.16. The van der Waals surface area contributed by atoms with E-state index in [1.165, 1.54) is 0 Å². The lowest BCUT2D eigenvalue weighted by atomic mass is 10.0. The second-order valence-corrected chi connectivity index (χ2v) is 4.41. The molecule has 0 aliphatic rings. The predicted octanol–water partition coefficient (Wildman–Crippen LogP) is 2.35. The van der Waals surface area contributed by atoms with Gasteiger partial charge in [-0.15, -0.1) is 6.58 Å². The lowest BCUT2D eigenvalue weighted by molar-refractivity contribution is 0.205. The Hall–Kier alpha value is -1.52. The topological polar surface area (TPSA) is 47.7 Å². The first-order valence-electron chi connectivity index (χ1n) is 6.43. The summed E-state index contributed by atoms with van der Waals surface area (Å²) < 4.78 is 10.6. The van der Waals surface area contributed by atoms with Gasteiger partial charge in [0.15, 0.2) is 0 Å². The van der Waals surface area contributed by atoms with Crippen molar-refractivity contribution in [3.8, 4) is 5.75 Å². The molecule has 0 radical (unpaired) electrons. The molecule has 106 valence electrons. The highest BCUT2D eigenvalue weighted by Crippen LogP contribution is 2.33. The van der Waals surface area contributed by atoms with Crippen molar-refractivity contribution in [2.24, 2.45) is 5.73 Å². The molecular formula is C15H24N2O2. The van der Waals surface area contributed by atoms with Gasteiger partial charge in [0.25, 0.3) is 0 Å². The summed E-state index contributed by atoms with van der Waals surface area (Å²) in [5.41, 5.74) is 8.18. The number of hydrogen-bond donors (Lipinski definition) is 1. The molecule has 0 amide bonds. The van der Waals surface area contributed by atoms with Gasteiger partial charge in [-0.1, -0.05) is 12.1 Å². The molecule has 0 aliphatic heterocycles. The third kappa shape index (κ3) is 3.98. The van der Waals surface area contributed by atoms with E-state index in [0.717, 1.165) is 30.1 Å². The molecule has 0 heterocycles. The number of nitrogens with two attached hydrogens (primary N) is 1. The number of benzene rings is 1. The fraction of sp³-hybridized carbons (Fsp3) is 0.467. The number of rotatable bonds is 8. The SMILES string of the molecule is C=CCN(CCOC)c1cccc(OC)c1[C@H](C)N. The minimum absolute atomic E-state index is 0.0963. The van der Waals surface area contributed by atoms with Crippen molar-refractivity contribution < 1.29 is 9.47 Å². The smallest absolute Gasteiger partial charge is 0.125 e. The van der Waals surface area contributed by atoms with Crippen molar-refractivity contribution in [3.05, 3.63) is 36.4 Å². The van der Waals surface area contributed by atoms with Crippen LogP contribution in [0.4, 0.5) is 5.69 Å². The zero-order valence-corrected chi connectivity index (χ0v) is 12.1. The van der Waals surface area contributed by atoms with Crippen molar-refractivity contribution in [1.29, 1.82) is 0 Å². The van der Waals surface area contributed by atoms with E-state index in [1.54, 1.807) is 14.2 Å². The zero-order valence-electron chi connectivity index (χ0n) is 12.1. The maximum absolute atomic E-state index is 6.09. The summed E-state index contributed by atoms with van der Waals surface area (Å²) in [7, 11) is 3.36.